The summed E-state index contributed by atoms with van der Waals surface area (Å²) in [5.74, 6) is -0.219. The minimum absolute atomic E-state index is 0.0463. The van der Waals surface area contributed by atoms with Crippen LogP contribution >= 0.6 is 27.7 Å². The molecule has 24 heavy (non-hydrogen) atoms. The fraction of sp³-hybridized carbons (Fsp3) is 0.412. The minimum Gasteiger partial charge on any atom is -0.303 e. The van der Waals surface area contributed by atoms with Crippen LogP contribution in [0.5, 0.6) is 0 Å². The van der Waals surface area contributed by atoms with E-state index in [2.05, 4.69) is 31.4 Å². The first kappa shape index (κ1) is 17.4. The molecule has 0 radical (unpaired) electrons. The second-order valence-corrected chi connectivity index (χ2v) is 7.97. The van der Waals surface area contributed by atoms with Crippen LogP contribution in [0.25, 0.3) is 0 Å². The van der Waals surface area contributed by atoms with E-state index in [1.165, 1.54) is 18.2 Å². The summed E-state index contributed by atoms with van der Waals surface area (Å²) in [5, 5.41) is 11.2. The highest BCUT2D eigenvalue weighted by Crippen LogP contribution is 2.25. The van der Waals surface area contributed by atoms with Crippen LogP contribution in [-0.2, 0) is 4.79 Å². The number of nitrogens with zero attached hydrogens (tertiary/aromatic N) is 2. The number of carbonyl (C=O) groups is 2. The zero-order chi connectivity index (χ0) is 16.9. The lowest BCUT2D eigenvalue weighted by atomic mass is 9.99. The largest absolute Gasteiger partial charge is 0.303 e. The SMILES string of the molecule is O=C(CC1S/C(=N/N=C2CCCCC2)NC1=O)c1ccc(Br)cc1. The number of thioether (sulfide) groups is 1. The van der Waals surface area contributed by atoms with Gasteiger partial charge < -0.3 is 5.32 Å². The molecule has 1 heterocycles. The summed E-state index contributed by atoms with van der Waals surface area (Å²) in [6, 6.07) is 7.16. The molecular formula is C17H18BrN3O2S. The van der Waals surface area contributed by atoms with Gasteiger partial charge in [-0.15, -0.1) is 5.10 Å². The Morgan fingerprint density at radius 3 is 2.58 bits per heavy atom. The van der Waals surface area contributed by atoms with Crippen LogP contribution in [0.3, 0.4) is 0 Å². The van der Waals surface area contributed by atoms with Gasteiger partial charge in [0.25, 0.3) is 0 Å². The number of halogens is 1. The number of carbonyl (C=O) groups excluding carboxylic acids is 2. The molecular weight excluding hydrogens is 390 g/mol. The molecule has 1 saturated heterocycles. The molecule has 2 aliphatic rings. The van der Waals surface area contributed by atoms with Crippen molar-refractivity contribution in [2.45, 2.75) is 43.8 Å². The lowest BCUT2D eigenvalue weighted by molar-refractivity contribution is -0.118. The Morgan fingerprint density at radius 1 is 1.17 bits per heavy atom. The molecule has 3 rings (SSSR count). The Kier molecular flexibility index (Phi) is 5.84. The van der Waals surface area contributed by atoms with Crippen molar-refractivity contribution in [1.82, 2.24) is 5.32 Å². The van der Waals surface area contributed by atoms with Crippen molar-refractivity contribution in [3.63, 3.8) is 0 Å². The molecule has 1 aromatic rings. The van der Waals surface area contributed by atoms with E-state index in [0.29, 0.717) is 10.7 Å². The Hall–Kier alpha value is -1.47. The Morgan fingerprint density at radius 2 is 1.88 bits per heavy atom. The maximum atomic E-state index is 12.3. The highest BCUT2D eigenvalue weighted by atomic mass is 79.9. The topological polar surface area (TPSA) is 70.9 Å². The average Bonchev–Trinajstić information content (AvgIpc) is 2.94. The first-order valence-corrected chi connectivity index (χ1v) is 9.69. The van der Waals surface area contributed by atoms with Crippen LogP contribution in [0.4, 0.5) is 0 Å². The summed E-state index contributed by atoms with van der Waals surface area (Å²) in [6.45, 7) is 0. The molecule has 2 fully saturated rings. The van der Waals surface area contributed by atoms with Crippen LogP contribution in [-0.4, -0.2) is 27.8 Å². The van der Waals surface area contributed by atoms with E-state index in [1.54, 1.807) is 12.1 Å². The van der Waals surface area contributed by atoms with E-state index in [-0.39, 0.29) is 18.1 Å². The van der Waals surface area contributed by atoms with E-state index < -0.39 is 5.25 Å². The van der Waals surface area contributed by atoms with E-state index in [9.17, 15) is 9.59 Å². The van der Waals surface area contributed by atoms with Gasteiger partial charge in [0.05, 0.1) is 5.25 Å². The van der Waals surface area contributed by atoms with Gasteiger partial charge in [0, 0.05) is 22.2 Å². The Balaban J connectivity index is 1.60. The van der Waals surface area contributed by atoms with Gasteiger partial charge in [-0.3, -0.25) is 9.59 Å². The third-order valence-corrected chi connectivity index (χ3v) is 5.63. The second kappa shape index (κ2) is 8.07. The van der Waals surface area contributed by atoms with E-state index in [4.69, 9.17) is 0 Å². The fourth-order valence-electron chi connectivity index (χ4n) is 2.68. The van der Waals surface area contributed by atoms with Gasteiger partial charge in [-0.25, -0.2) is 0 Å². The number of rotatable bonds is 4. The lowest BCUT2D eigenvalue weighted by Crippen LogP contribution is -2.26. The van der Waals surface area contributed by atoms with Gasteiger partial charge in [-0.05, 0) is 37.8 Å². The van der Waals surface area contributed by atoms with Gasteiger partial charge in [-0.2, -0.15) is 5.10 Å². The molecule has 1 N–H and O–H groups in total. The number of hydrogen-bond donors (Lipinski definition) is 1. The van der Waals surface area contributed by atoms with Crippen molar-refractivity contribution < 1.29 is 9.59 Å². The van der Waals surface area contributed by atoms with Crippen LogP contribution in [0.1, 0.15) is 48.9 Å². The maximum absolute atomic E-state index is 12.3. The summed E-state index contributed by atoms with van der Waals surface area (Å²) in [5.41, 5.74) is 1.71. The summed E-state index contributed by atoms with van der Waals surface area (Å²) < 4.78 is 0.920. The number of nitrogens with one attached hydrogen (secondary N) is 1. The van der Waals surface area contributed by atoms with Gasteiger partial charge in [0.15, 0.2) is 11.0 Å². The number of benzene rings is 1. The molecule has 1 atom stereocenters. The molecule has 0 aromatic heterocycles. The van der Waals surface area contributed by atoms with Gasteiger partial charge in [0.1, 0.15) is 0 Å². The van der Waals surface area contributed by atoms with Crippen molar-refractivity contribution in [2.75, 3.05) is 0 Å². The zero-order valence-electron chi connectivity index (χ0n) is 13.1. The lowest BCUT2D eigenvalue weighted by Gasteiger charge is -2.10. The van der Waals surface area contributed by atoms with E-state index >= 15 is 0 Å². The molecule has 1 aromatic carbocycles. The summed E-state index contributed by atoms with van der Waals surface area (Å²) in [6.07, 6.45) is 5.71. The number of amidine groups is 1. The quantitative estimate of drug-likeness (QED) is 0.606. The molecule has 1 amide bonds. The van der Waals surface area contributed by atoms with Crippen molar-refractivity contribution in [1.29, 1.82) is 0 Å². The van der Waals surface area contributed by atoms with Crippen molar-refractivity contribution in [3.05, 3.63) is 34.3 Å². The predicted molar refractivity (Wildman–Crippen MR) is 101 cm³/mol. The first-order valence-electron chi connectivity index (χ1n) is 8.01. The summed E-state index contributed by atoms with van der Waals surface area (Å²) in [4.78, 5) is 24.3. The first-order chi connectivity index (χ1) is 11.6. The molecule has 5 nitrogen and oxygen atoms in total. The third kappa shape index (κ3) is 4.54. The number of Topliss-reactive ketones (excluding diaryl/α,β-unsaturated/α-hetero) is 1. The van der Waals surface area contributed by atoms with E-state index in [1.807, 2.05) is 12.1 Å². The summed E-state index contributed by atoms with van der Waals surface area (Å²) in [7, 11) is 0. The molecule has 1 unspecified atom stereocenters. The molecule has 1 saturated carbocycles. The highest BCUT2D eigenvalue weighted by molar-refractivity contribution is 9.10. The molecule has 1 aliphatic heterocycles. The molecule has 7 heteroatoms. The standard InChI is InChI=1S/C17H18BrN3O2S/c18-12-8-6-11(7-9-12)14(22)10-15-16(23)19-17(24-15)21-20-13-4-2-1-3-5-13/h6-9,15H,1-5,10H2,(H,19,21,23). The number of amides is 1. The fourth-order valence-corrected chi connectivity index (χ4v) is 3.87. The van der Waals surface area contributed by atoms with Gasteiger partial charge >= 0.3 is 0 Å². The highest BCUT2D eigenvalue weighted by Gasteiger charge is 2.32. The minimum atomic E-state index is -0.438. The second-order valence-electron chi connectivity index (χ2n) is 5.86. The van der Waals surface area contributed by atoms with Crippen LogP contribution in [0.15, 0.2) is 38.9 Å². The molecule has 0 bridgehead atoms. The molecule has 0 spiro atoms. The van der Waals surface area contributed by atoms with Crippen molar-refractivity contribution >= 4 is 50.3 Å². The number of ketones is 1. The smallest absolute Gasteiger partial charge is 0.240 e. The Labute approximate surface area is 153 Å². The summed E-state index contributed by atoms with van der Waals surface area (Å²) >= 11 is 4.63. The monoisotopic (exact) mass is 407 g/mol. The normalized spacial score (nSPS) is 22.5. The molecule has 1 aliphatic carbocycles. The predicted octanol–water partition coefficient (Wildman–Crippen LogP) is 3.93. The number of hydrogen-bond acceptors (Lipinski definition) is 5. The Bertz CT molecular complexity index is 692. The van der Waals surface area contributed by atoms with Gasteiger partial charge in [0.2, 0.25) is 5.91 Å². The van der Waals surface area contributed by atoms with Crippen molar-refractivity contribution in [3.8, 4) is 0 Å². The van der Waals surface area contributed by atoms with E-state index in [0.717, 1.165) is 35.9 Å². The average molecular weight is 408 g/mol. The zero-order valence-corrected chi connectivity index (χ0v) is 15.5. The van der Waals surface area contributed by atoms with Gasteiger partial charge in [-0.1, -0.05) is 46.2 Å². The van der Waals surface area contributed by atoms with Crippen LogP contribution < -0.4 is 5.32 Å². The van der Waals surface area contributed by atoms with Crippen molar-refractivity contribution in [2.24, 2.45) is 10.2 Å². The van der Waals surface area contributed by atoms with Crippen LogP contribution in [0, 0.1) is 0 Å². The maximum Gasteiger partial charge on any atom is 0.240 e. The third-order valence-electron chi connectivity index (χ3n) is 4.03. The van der Waals surface area contributed by atoms with Crippen LogP contribution in [0.2, 0.25) is 0 Å². The molecule has 126 valence electrons.